The maximum atomic E-state index is 5.19. The third kappa shape index (κ3) is 4.70. The molecule has 0 bridgehead atoms. The van der Waals surface area contributed by atoms with Gasteiger partial charge in [-0.3, -0.25) is 4.90 Å². The van der Waals surface area contributed by atoms with Crippen LogP contribution in [0.2, 0.25) is 0 Å². The van der Waals surface area contributed by atoms with E-state index in [9.17, 15) is 0 Å². The first-order chi connectivity index (χ1) is 16.1. The van der Waals surface area contributed by atoms with E-state index in [1.807, 2.05) is 7.05 Å². The topological polar surface area (TPSA) is 28.2 Å². The van der Waals surface area contributed by atoms with Crippen LogP contribution in [0, 0.1) is 0 Å². The van der Waals surface area contributed by atoms with Gasteiger partial charge in [-0.25, -0.2) is 4.98 Å². The number of hydrogen-bond acceptors (Lipinski definition) is 3. The number of nitrogens with zero attached hydrogens (tertiary/aromatic N) is 2. The van der Waals surface area contributed by atoms with Gasteiger partial charge in [-0.2, -0.15) is 0 Å². The van der Waals surface area contributed by atoms with Gasteiger partial charge in [0.1, 0.15) is 5.82 Å². The molecule has 0 unspecified atom stereocenters. The fraction of sp³-hybridized carbons (Fsp3) is 0.433. The van der Waals surface area contributed by atoms with E-state index in [0.717, 1.165) is 37.3 Å². The van der Waals surface area contributed by atoms with Gasteiger partial charge in [-0.15, -0.1) is 0 Å². The van der Waals surface area contributed by atoms with Gasteiger partial charge >= 0.3 is 0 Å². The van der Waals surface area contributed by atoms with Crippen molar-refractivity contribution in [3.05, 3.63) is 81.9 Å². The van der Waals surface area contributed by atoms with E-state index in [-0.39, 0.29) is 0 Å². The van der Waals surface area contributed by atoms with E-state index < -0.39 is 0 Å². The summed E-state index contributed by atoms with van der Waals surface area (Å²) in [7, 11) is 4.29. The molecule has 3 nitrogen and oxygen atoms in total. The molecular weight excluding hydrogens is 402 g/mol. The summed E-state index contributed by atoms with van der Waals surface area (Å²) in [5.41, 5.74) is 11.0. The standard InChI is InChI=1S/C30H39N3/c1-6-21-14-11-15-22(7-2)29(21)27-19-23(8-3)26(30(31-4)32-27)20-33(5)28-18-12-16-24-13-9-10-17-25(24)28/h9-11,13-15,17,19,28H,6-8,12,16,18,20H2,1-5H3,(H,31,32)/t28-/m0/s1. The van der Waals surface area contributed by atoms with Crippen molar-refractivity contribution in [2.24, 2.45) is 0 Å². The highest BCUT2D eigenvalue weighted by atomic mass is 15.1. The number of hydrogen-bond donors (Lipinski definition) is 1. The van der Waals surface area contributed by atoms with E-state index in [0.29, 0.717) is 6.04 Å². The minimum absolute atomic E-state index is 0.469. The zero-order chi connectivity index (χ0) is 23.4. The maximum absolute atomic E-state index is 5.19. The predicted octanol–water partition coefficient (Wildman–Crippen LogP) is 6.99. The van der Waals surface area contributed by atoms with Gasteiger partial charge in [0.2, 0.25) is 0 Å². The summed E-state index contributed by atoms with van der Waals surface area (Å²) < 4.78 is 0. The molecule has 0 saturated carbocycles. The number of nitrogens with one attached hydrogen (secondary N) is 1. The molecule has 4 rings (SSSR count). The van der Waals surface area contributed by atoms with Crippen LogP contribution >= 0.6 is 0 Å². The molecule has 2 aromatic carbocycles. The van der Waals surface area contributed by atoms with Crippen LogP contribution in [-0.4, -0.2) is 24.0 Å². The van der Waals surface area contributed by atoms with Gasteiger partial charge in [0, 0.05) is 30.8 Å². The molecular formula is C30H39N3. The molecule has 3 aromatic rings. The molecule has 0 spiro atoms. The van der Waals surface area contributed by atoms with Crippen LogP contribution in [0.3, 0.4) is 0 Å². The summed E-state index contributed by atoms with van der Waals surface area (Å²) in [6.07, 6.45) is 6.73. The van der Waals surface area contributed by atoms with Gasteiger partial charge in [0.25, 0.3) is 0 Å². The smallest absolute Gasteiger partial charge is 0.131 e. The number of aromatic nitrogens is 1. The molecule has 0 saturated heterocycles. The molecule has 1 N–H and O–H groups in total. The third-order valence-corrected chi connectivity index (χ3v) is 7.37. The monoisotopic (exact) mass is 441 g/mol. The predicted molar refractivity (Wildman–Crippen MR) is 141 cm³/mol. The van der Waals surface area contributed by atoms with Crippen molar-refractivity contribution in [3.63, 3.8) is 0 Å². The second-order valence-electron chi connectivity index (χ2n) is 9.28. The van der Waals surface area contributed by atoms with E-state index in [4.69, 9.17) is 4.98 Å². The third-order valence-electron chi connectivity index (χ3n) is 7.37. The average molecular weight is 442 g/mol. The van der Waals surface area contributed by atoms with Crippen LogP contribution in [0.5, 0.6) is 0 Å². The highest BCUT2D eigenvalue weighted by Crippen LogP contribution is 2.36. The number of anilines is 1. The van der Waals surface area contributed by atoms with E-state index in [2.05, 4.69) is 86.6 Å². The van der Waals surface area contributed by atoms with E-state index in [1.165, 1.54) is 58.2 Å². The van der Waals surface area contributed by atoms with E-state index >= 15 is 0 Å². The Morgan fingerprint density at radius 2 is 1.64 bits per heavy atom. The largest absolute Gasteiger partial charge is 0.373 e. The molecule has 33 heavy (non-hydrogen) atoms. The number of pyridine rings is 1. The summed E-state index contributed by atoms with van der Waals surface area (Å²) in [5, 5.41) is 3.45. The van der Waals surface area contributed by atoms with Gasteiger partial charge in [0.15, 0.2) is 0 Å². The lowest BCUT2D eigenvalue weighted by Gasteiger charge is -2.34. The Kier molecular flexibility index (Phi) is 7.49. The summed E-state index contributed by atoms with van der Waals surface area (Å²) in [6.45, 7) is 7.65. The van der Waals surface area contributed by atoms with Crippen molar-refractivity contribution in [1.82, 2.24) is 9.88 Å². The van der Waals surface area contributed by atoms with Crippen molar-refractivity contribution in [2.75, 3.05) is 19.4 Å². The van der Waals surface area contributed by atoms with Crippen LogP contribution in [0.1, 0.15) is 73.0 Å². The van der Waals surface area contributed by atoms with Gasteiger partial charge < -0.3 is 5.32 Å². The van der Waals surface area contributed by atoms with Crippen molar-refractivity contribution in [1.29, 1.82) is 0 Å². The number of rotatable bonds is 8. The maximum Gasteiger partial charge on any atom is 0.131 e. The van der Waals surface area contributed by atoms with Crippen LogP contribution in [-0.2, 0) is 32.2 Å². The normalized spacial score (nSPS) is 15.5. The minimum Gasteiger partial charge on any atom is -0.373 e. The van der Waals surface area contributed by atoms with E-state index in [1.54, 1.807) is 0 Å². The zero-order valence-electron chi connectivity index (χ0n) is 21.0. The Balaban J connectivity index is 1.73. The van der Waals surface area contributed by atoms with Crippen molar-refractivity contribution in [3.8, 4) is 11.3 Å². The molecule has 0 fully saturated rings. The number of aryl methyl sites for hydroxylation is 4. The fourth-order valence-corrected chi connectivity index (χ4v) is 5.57. The second kappa shape index (κ2) is 10.5. The molecule has 0 aliphatic heterocycles. The summed E-state index contributed by atoms with van der Waals surface area (Å²) in [5.74, 6) is 1.02. The zero-order valence-corrected chi connectivity index (χ0v) is 21.0. The molecule has 1 aliphatic carbocycles. The first-order valence-corrected chi connectivity index (χ1v) is 12.7. The molecule has 0 radical (unpaired) electrons. The quantitative estimate of drug-likeness (QED) is 0.408. The summed E-state index contributed by atoms with van der Waals surface area (Å²) >= 11 is 0. The first kappa shape index (κ1) is 23.5. The SMILES string of the molecule is CCc1cc(-c2c(CC)cccc2CC)nc(NC)c1CN(C)[C@H]1CCCc2ccccc21. The molecule has 1 atom stereocenters. The van der Waals surface area contributed by atoms with Crippen LogP contribution in [0.4, 0.5) is 5.82 Å². The van der Waals surface area contributed by atoms with Crippen LogP contribution < -0.4 is 5.32 Å². The summed E-state index contributed by atoms with van der Waals surface area (Å²) in [6, 6.07) is 18.5. The Morgan fingerprint density at radius 3 is 2.30 bits per heavy atom. The number of benzene rings is 2. The Bertz CT molecular complexity index is 1050. The molecule has 1 aliphatic rings. The second-order valence-corrected chi connectivity index (χ2v) is 9.28. The van der Waals surface area contributed by atoms with Crippen molar-refractivity contribution < 1.29 is 0 Å². The molecule has 3 heteroatoms. The summed E-state index contributed by atoms with van der Waals surface area (Å²) in [4.78, 5) is 7.73. The highest BCUT2D eigenvalue weighted by molar-refractivity contribution is 5.71. The lowest BCUT2D eigenvalue weighted by Crippen LogP contribution is -2.28. The molecule has 174 valence electrons. The van der Waals surface area contributed by atoms with Gasteiger partial charge in [0.05, 0.1) is 5.69 Å². The minimum atomic E-state index is 0.469. The molecule has 1 heterocycles. The van der Waals surface area contributed by atoms with Crippen molar-refractivity contribution >= 4 is 5.82 Å². The van der Waals surface area contributed by atoms with Gasteiger partial charge in [-0.05, 0) is 79.5 Å². The van der Waals surface area contributed by atoms with Crippen LogP contribution in [0.15, 0.2) is 48.5 Å². The Hall–Kier alpha value is -2.65. The number of fused-ring (bicyclic) bond motifs is 1. The van der Waals surface area contributed by atoms with Gasteiger partial charge in [-0.1, -0.05) is 63.2 Å². The van der Waals surface area contributed by atoms with Crippen LogP contribution in [0.25, 0.3) is 11.3 Å². The fourth-order valence-electron chi connectivity index (χ4n) is 5.57. The highest BCUT2D eigenvalue weighted by Gasteiger charge is 2.25. The van der Waals surface area contributed by atoms with Crippen molar-refractivity contribution in [2.45, 2.75) is 71.9 Å². The lowest BCUT2D eigenvalue weighted by atomic mass is 9.86. The first-order valence-electron chi connectivity index (χ1n) is 12.7. The molecule has 0 amide bonds. The Morgan fingerprint density at radius 1 is 0.939 bits per heavy atom. The average Bonchev–Trinajstić information content (AvgIpc) is 2.87. The Labute approximate surface area is 200 Å². The molecule has 1 aromatic heterocycles. The lowest BCUT2D eigenvalue weighted by molar-refractivity contribution is 0.213.